The minimum atomic E-state index is -3.57. The molecular formula is C24H27N3O4S2. The zero-order valence-corrected chi connectivity index (χ0v) is 20.6. The zero-order chi connectivity index (χ0) is 23.6. The second kappa shape index (κ2) is 9.62. The molecule has 3 aromatic rings. The number of benzene rings is 2. The first-order chi connectivity index (χ1) is 15.7. The van der Waals surface area contributed by atoms with E-state index in [0.29, 0.717) is 35.9 Å². The maximum Gasteiger partial charge on any atom is 0.253 e. The molecule has 2 heterocycles. The molecule has 0 spiro atoms. The van der Waals surface area contributed by atoms with Gasteiger partial charge in [0.1, 0.15) is 12.4 Å². The van der Waals surface area contributed by atoms with Crippen molar-refractivity contribution in [3.05, 3.63) is 75.2 Å². The molecule has 1 aromatic heterocycles. The number of aromatic nitrogens is 1. The molecule has 0 atom stereocenters. The van der Waals surface area contributed by atoms with Gasteiger partial charge in [-0.3, -0.25) is 4.79 Å². The first-order valence-electron chi connectivity index (χ1n) is 10.7. The van der Waals surface area contributed by atoms with Gasteiger partial charge in [0.2, 0.25) is 10.0 Å². The number of thiazole rings is 1. The van der Waals surface area contributed by atoms with E-state index in [1.807, 2.05) is 32.2 Å². The molecule has 0 saturated carbocycles. The summed E-state index contributed by atoms with van der Waals surface area (Å²) in [4.78, 5) is 19.3. The maximum absolute atomic E-state index is 13.0. The Labute approximate surface area is 198 Å². The van der Waals surface area contributed by atoms with Crippen LogP contribution in [0.5, 0.6) is 5.75 Å². The summed E-state index contributed by atoms with van der Waals surface area (Å²) in [7, 11) is -3.57. The predicted molar refractivity (Wildman–Crippen MR) is 128 cm³/mol. The first-order valence-corrected chi connectivity index (χ1v) is 13.1. The Morgan fingerprint density at radius 2 is 1.70 bits per heavy atom. The van der Waals surface area contributed by atoms with E-state index in [9.17, 15) is 13.2 Å². The monoisotopic (exact) mass is 485 g/mol. The van der Waals surface area contributed by atoms with Crippen LogP contribution in [0.3, 0.4) is 0 Å². The molecular weight excluding hydrogens is 458 g/mol. The van der Waals surface area contributed by atoms with Gasteiger partial charge < -0.3 is 9.64 Å². The summed E-state index contributed by atoms with van der Waals surface area (Å²) in [5.74, 6) is 0.557. The summed E-state index contributed by atoms with van der Waals surface area (Å²) in [6, 6.07) is 12.2. The Kier molecular flexibility index (Phi) is 6.83. The number of carbonyl (C=O) groups excluding carboxylic acids is 1. The van der Waals surface area contributed by atoms with Crippen LogP contribution in [0.1, 0.15) is 32.2 Å². The summed E-state index contributed by atoms with van der Waals surface area (Å²) in [5.41, 5.74) is 3.43. The molecule has 0 unspecified atom stereocenters. The smallest absolute Gasteiger partial charge is 0.253 e. The van der Waals surface area contributed by atoms with Gasteiger partial charge in [-0.15, -0.1) is 11.3 Å². The van der Waals surface area contributed by atoms with Crippen molar-refractivity contribution in [3.63, 3.8) is 0 Å². The second-order valence-corrected chi connectivity index (χ2v) is 11.1. The average molecular weight is 486 g/mol. The van der Waals surface area contributed by atoms with Crippen molar-refractivity contribution in [2.45, 2.75) is 32.3 Å². The average Bonchev–Trinajstić information content (AvgIpc) is 3.24. The highest BCUT2D eigenvalue weighted by Gasteiger charge is 2.30. The van der Waals surface area contributed by atoms with E-state index >= 15 is 0 Å². The van der Waals surface area contributed by atoms with Crippen molar-refractivity contribution in [1.82, 2.24) is 14.2 Å². The van der Waals surface area contributed by atoms with Gasteiger partial charge in [0.05, 0.1) is 15.6 Å². The van der Waals surface area contributed by atoms with E-state index in [1.54, 1.807) is 52.6 Å². The molecule has 0 N–H and O–H groups in total. The second-order valence-electron chi connectivity index (χ2n) is 8.11. The summed E-state index contributed by atoms with van der Waals surface area (Å²) in [5, 5.41) is 2.96. The third-order valence-electron chi connectivity index (χ3n) is 5.80. The number of hydrogen-bond acceptors (Lipinski definition) is 6. The van der Waals surface area contributed by atoms with Crippen molar-refractivity contribution >= 4 is 27.3 Å². The number of ether oxygens (including phenoxy) is 1. The third kappa shape index (κ3) is 5.26. The normalized spacial score (nSPS) is 14.9. The van der Waals surface area contributed by atoms with E-state index in [4.69, 9.17) is 4.74 Å². The van der Waals surface area contributed by atoms with Crippen molar-refractivity contribution in [2.75, 3.05) is 26.2 Å². The van der Waals surface area contributed by atoms with Gasteiger partial charge in [0.15, 0.2) is 0 Å². The highest BCUT2D eigenvalue weighted by Crippen LogP contribution is 2.22. The van der Waals surface area contributed by atoms with Crippen LogP contribution in [0.4, 0.5) is 0 Å². The molecule has 1 fully saturated rings. The van der Waals surface area contributed by atoms with Gasteiger partial charge in [0.25, 0.3) is 5.91 Å². The molecule has 1 saturated heterocycles. The lowest BCUT2D eigenvalue weighted by Gasteiger charge is -2.34. The van der Waals surface area contributed by atoms with Crippen LogP contribution >= 0.6 is 11.3 Å². The van der Waals surface area contributed by atoms with Gasteiger partial charge in [-0.25, -0.2) is 13.4 Å². The Balaban J connectivity index is 1.34. The van der Waals surface area contributed by atoms with E-state index in [0.717, 1.165) is 21.8 Å². The van der Waals surface area contributed by atoms with Crippen LogP contribution in [-0.2, 0) is 16.6 Å². The number of piperazine rings is 1. The SMILES string of the molecule is Cc1nc(COc2ccc(C(=O)N3CCN(S(=O)(=O)c4ccc(C)c(C)c4)CC3)cc2)cs1. The fourth-order valence-corrected chi connectivity index (χ4v) is 5.77. The number of sulfonamides is 1. The Hall–Kier alpha value is -2.75. The molecule has 33 heavy (non-hydrogen) atoms. The van der Waals surface area contributed by atoms with Crippen LogP contribution in [0.2, 0.25) is 0 Å². The van der Waals surface area contributed by atoms with E-state index in [2.05, 4.69) is 4.98 Å². The van der Waals surface area contributed by atoms with Gasteiger partial charge in [-0.05, 0) is 68.3 Å². The molecule has 7 nitrogen and oxygen atoms in total. The molecule has 1 amide bonds. The summed E-state index contributed by atoms with van der Waals surface area (Å²) < 4.78 is 33.2. The summed E-state index contributed by atoms with van der Waals surface area (Å²) in [6.07, 6.45) is 0. The fraction of sp³-hybridized carbons (Fsp3) is 0.333. The Morgan fingerprint density at radius 3 is 2.30 bits per heavy atom. The van der Waals surface area contributed by atoms with Gasteiger partial charge >= 0.3 is 0 Å². The van der Waals surface area contributed by atoms with Crippen LogP contribution in [0.15, 0.2) is 52.7 Å². The van der Waals surface area contributed by atoms with Gasteiger partial charge in [-0.1, -0.05) is 6.07 Å². The number of nitrogens with zero attached hydrogens (tertiary/aromatic N) is 3. The van der Waals surface area contributed by atoms with Crippen molar-refractivity contribution in [1.29, 1.82) is 0 Å². The number of rotatable bonds is 6. The Bertz CT molecular complexity index is 1240. The highest BCUT2D eigenvalue weighted by molar-refractivity contribution is 7.89. The summed E-state index contributed by atoms with van der Waals surface area (Å²) in [6.45, 7) is 7.44. The van der Waals surface area contributed by atoms with Crippen molar-refractivity contribution in [3.8, 4) is 5.75 Å². The van der Waals surface area contributed by atoms with Crippen LogP contribution in [0.25, 0.3) is 0 Å². The largest absolute Gasteiger partial charge is 0.487 e. The van der Waals surface area contributed by atoms with Crippen molar-refractivity contribution in [2.24, 2.45) is 0 Å². The van der Waals surface area contributed by atoms with E-state index in [-0.39, 0.29) is 19.0 Å². The van der Waals surface area contributed by atoms with E-state index < -0.39 is 10.0 Å². The minimum absolute atomic E-state index is 0.111. The summed E-state index contributed by atoms with van der Waals surface area (Å²) >= 11 is 1.58. The Morgan fingerprint density at radius 1 is 1.00 bits per heavy atom. The van der Waals surface area contributed by atoms with E-state index in [1.165, 1.54) is 4.31 Å². The zero-order valence-electron chi connectivity index (χ0n) is 18.9. The quantitative estimate of drug-likeness (QED) is 0.531. The van der Waals surface area contributed by atoms with Crippen LogP contribution in [-0.4, -0.2) is 54.7 Å². The third-order valence-corrected chi connectivity index (χ3v) is 8.51. The molecule has 1 aliphatic rings. The molecule has 174 valence electrons. The molecule has 1 aliphatic heterocycles. The lowest BCUT2D eigenvalue weighted by molar-refractivity contribution is 0.0698. The van der Waals surface area contributed by atoms with Crippen LogP contribution in [0, 0.1) is 20.8 Å². The topological polar surface area (TPSA) is 79.8 Å². The maximum atomic E-state index is 13.0. The van der Waals surface area contributed by atoms with Crippen LogP contribution < -0.4 is 4.74 Å². The number of aryl methyl sites for hydroxylation is 3. The standard InChI is InChI=1S/C24H27N3O4S2/c1-17-4-9-23(14-18(17)2)33(29,30)27-12-10-26(11-13-27)24(28)20-5-7-22(8-6-20)31-15-21-16-32-19(3)25-21/h4-9,14,16H,10-13,15H2,1-3H3. The first kappa shape index (κ1) is 23.4. The molecule has 0 bridgehead atoms. The van der Waals surface area contributed by atoms with Gasteiger partial charge in [-0.2, -0.15) is 4.31 Å². The lowest BCUT2D eigenvalue weighted by atomic mass is 10.1. The molecule has 0 radical (unpaired) electrons. The lowest BCUT2D eigenvalue weighted by Crippen LogP contribution is -2.50. The minimum Gasteiger partial charge on any atom is -0.487 e. The number of amides is 1. The number of carbonyl (C=O) groups is 1. The molecule has 4 rings (SSSR count). The molecule has 2 aromatic carbocycles. The molecule has 9 heteroatoms. The fourth-order valence-electron chi connectivity index (χ4n) is 3.66. The predicted octanol–water partition coefficient (Wildman–Crippen LogP) is 3.79. The van der Waals surface area contributed by atoms with Gasteiger partial charge in [0, 0.05) is 37.1 Å². The van der Waals surface area contributed by atoms with Crippen molar-refractivity contribution < 1.29 is 17.9 Å². The highest BCUT2D eigenvalue weighted by atomic mass is 32.2. The number of hydrogen-bond donors (Lipinski definition) is 0. The molecule has 0 aliphatic carbocycles.